The Morgan fingerprint density at radius 3 is 2.38 bits per heavy atom. The highest BCUT2D eigenvalue weighted by Crippen LogP contribution is 2.21. The summed E-state index contributed by atoms with van der Waals surface area (Å²) < 4.78 is 42.5. The minimum Gasteiger partial charge on any atom is -0.479 e. The average Bonchev–Trinajstić information content (AvgIpc) is 2.12. The number of pyridine rings is 1. The van der Waals surface area contributed by atoms with Gasteiger partial charge in [0.1, 0.15) is 0 Å². The predicted molar refractivity (Wildman–Crippen MR) is 36.6 cm³/mol. The van der Waals surface area contributed by atoms with Gasteiger partial charge in [0.2, 0.25) is 0 Å². The van der Waals surface area contributed by atoms with Crippen molar-refractivity contribution in [2.75, 3.05) is 7.11 Å². The fraction of sp³-hybridized carbons (Fsp3) is 0.286. The first-order valence-corrected chi connectivity index (χ1v) is 3.30. The summed E-state index contributed by atoms with van der Waals surface area (Å²) in [6, 6.07) is 0. The van der Waals surface area contributed by atoms with Crippen LogP contribution in [0.4, 0.5) is 13.2 Å². The average molecular weight is 193 g/mol. The topological polar surface area (TPSA) is 42.4 Å². The summed E-state index contributed by atoms with van der Waals surface area (Å²) in [7, 11) is 1.06. The monoisotopic (exact) mass is 193 g/mol. The molecule has 1 aromatic rings. The Bertz CT molecular complexity index is 330. The molecule has 0 fully saturated rings. The number of halogens is 3. The maximum absolute atomic E-state index is 13.0. The first-order valence-electron chi connectivity index (χ1n) is 3.30. The van der Waals surface area contributed by atoms with E-state index < -0.39 is 35.6 Å². The fourth-order valence-electron chi connectivity index (χ4n) is 0.811. The summed E-state index contributed by atoms with van der Waals surface area (Å²) in [5.74, 6) is -4.87. The third-order valence-electron chi connectivity index (χ3n) is 1.45. The smallest absolute Gasteiger partial charge is 0.253 e. The Morgan fingerprint density at radius 2 is 1.92 bits per heavy atom. The molecule has 6 heteroatoms. The highest BCUT2D eigenvalue weighted by atomic mass is 19.2. The number of aliphatic hydroxyl groups is 1. The zero-order chi connectivity index (χ0) is 10.0. The number of ether oxygens (including phenoxy) is 1. The number of rotatable bonds is 2. The third-order valence-corrected chi connectivity index (χ3v) is 1.45. The van der Waals surface area contributed by atoms with Gasteiger partial charge in [-0.15, -0.1) is 0 Å². The van der Waals surface area contributed by atoms with E-state index in [1.165, 1.54) is 0 Å². The maximum atomic E-state index is 13.0. The van der Waals surface area contributed by atoms with Crippen LogP contribution in [0, 0.1) is 17.6 Å². The van der Waals surface area contributed by atoms with E-state index in [0.29, 0.717) is 0 Å². The van der Waals surface area contributed by atoms with Gasteiger partial charge in [0, 0.05) is 0 Å². The molecule has 0 aromatic carbocycles. The summed E-state index contributed by atoms with van der Waals surface area (Å²) in [4.78, 5) is 2.85. The molecule has 13 heavy (non-hydrogen) atoms. The number of aromatic nitrogens is 1. The zero-order valence-corrected chi connectivity index (χ0v) is 6.64. The summed E-state index contributed by atoms with van der Waals surface area (Å²) in [6.45, 7) is -0.951. The Labute approximate surface area is 71.8 Å². The molecule has 1 rings (SSSR count). The fourth-order valence-corrected chi connectivity index (χ4v) is 0.811. The van der Waals surface area contributed by atoms with Gasteiger partial charge < -0.3 is 9.84 Å². The van der Waals surface area contributed by atoms with Gasteiger partial charge in [0.15, 0.2) is 11.6 Å². The van der Waals surface area contributed by atoms with Crippen molar-refractivity contribution < 1.29 is 23.0 Å². The molecule has 0 atom stereocenters. The molecule has 0 bridgehead atoms. The van der Waals surface area contributed by atoms with Crippen molar-refractivity contribution in [3.63, 3.8) is 0 Å². The Balaban J connectivity index is 3.39. The van der Waals surface area contributed by atoms with Crippen molar-refractivity contribution >= 4 is 0 Å². The molecule has 72 valence electrons. The van der Waals surface area contributed by atoms with Crippen LogP contribution in [0.1, 0.15) is 5.56 Å². The first-order chi connectivity index (χ1) is 6.11. The third kappa shape index (κ3) is 1.57. The van der Waals surface area contributed by atoms with Crippen LogP contribution in [0.25, 0.3) is 0 Å². The second-order valence-corrected chi connectivity index (χ2v) is 2.18. The molecule has 0 unspecified atom stereocenters. The predicted octanol–water partition coefficient (Wildman–Crippen LogP) is 1.000. The number of methoxy groups -OCH3 is 1. The minimum atomic E-state index is -1.50. The molecular weight excluding hydrogens is 187 g/mol. The van der Waals surface area contributed by atoms with Crippen molar-refractivity contribution in [3.05, 3.63) is 23.1 Å². The number of nitrogens with zero attached hydrogens (tertiary/aromatic N) is 1. The second kappa shape index (κ2) is 3.61. The van der Waals surface area contributed by atoms with E-state index in [-0.39, 0.29) is 0 Å². The van der Waals surface area contributed by atoms with E-state index in [4.69, 9.17) is 5.11 Å². The molecule has 0 saturated carbocycles. The van der Waals surface area contributed by atoms with Crippen LogP contribution >= 0.6 is 0 Å². The quantitative estimate of drug-likeness (QED) is 0.712. The van der Waals surface area contributed by atoms with E-state index in [1.54, 1.807) is 0 Å². The maximum Gasteiger partial charge on any atom is 0.253 e. The summed E-state index contributed by atoms with van der Waals surface area (Å²) in [5, 5.41) is 8.51. The lowest BCUT2D eigenvalue weighted by Gasteiger charge is -2.05. The molecule has 0 aliphatic heterocycles. The molecule has 1 heterocycles. The van der Waals surface area contributed by atoms with Crippen LogP contribution in [0.5, 0.6) is 5.88 Å². The van der Waals surface area contributed by atoms with E-state index in [9.17, 15) is 13.2 Å². The van der Waals surface area contributed by atoms with Crippen molar-refractivity contribution in [2.45, 2.75) is 6.61 Å². The lowest BCUT2D eigenvalue weighted by molar-refractivity contribution is 0.257. The first kappa shape index (κ1) is 9.79. The zero-order valence-electron chi connectivity index (χ0n) is 6.64. The van der Waals surface area contributed by atoms with Crippen LogP contribution in [-0.2, 0) is 6.61 Å². The molecule has 0 spiro atoms. The van der Waals surface area contributed by atoms with Crippen molar-refractivity contribution in [1.29, 1.82) is 0 Å². The lowest BCUT2D eigenvalue weighted by Crippen LogP contribution is -2.05. The van der Waals surface area contributed by atoms with Gasteiger partial charge in [-0.05, 0) is 0 Å². The standard InChI is InChI=1S/C7H6F3NO2/c1-13-7-5(9)3(2-12)4(8)6(10)11-7/h12H,2H2,1H3. The van der Waals surface area contributed by atoms with Crippen LogP contribution in [0.2, 0.25) is 0 Å². The molecule has 1 N–H and O–H groups in total. The van der Waals surface area contributed by atoms with Gasteiger partial charge in [-0.2, -0.15) is 9.37 Å². The second-order valence-electron chi connectivity index (χ2n) is 2.18. The van der Waals surface area contributed by atoms with Crippen LogP contribution in [0.15, 0.2) is 0 Å². The van der Waals surface area contributed by atoms with Gasteiger partial charge in [0.05, 0.1) is 19.3 Å². The molecule has 0 radical (unpaired) electrons. The Kier molecular flexibility index (Phi) is 2.72. The van der Waals surface area contributed by atoms with Gasteiger partial charge in [-0.3, -0.25) is 0 Å². The van der Waals surface area contributed by atoms with Crippen LogP contribution in [0.3, 0.4) is 0 Å². The van der Waals surface area contributed by atoms with Gasteiger partial charge in [0.25, 0.3) is 11.8 Å². The van der Waals surface area contributed by atoms with Crippen molar-refractivity contribution in [2.24, 2.45) is 0 Å². The summed E-state index contributed by atoms with van der Waals surface area (Å²) >= 11 is 0. The number of aliphatic hydroxyl groups excluding tert-OH is 1. The van der Waals surface area contributed by atoms with Crippen LogP contribution < -0.4 is 4.74 Å². The molecule has 0 saturated heterocycles. The van der Waals surface area contributed by atoms with Crippen LogP contribution in [-0.4, -0.2) is 17.2 Å². The Hall–Kier alpha value is -1.30. The van der Waals surface area contributed by atoms with E-state index >= 15 is 0 Å². The molecule has 1 aromatic heterocycles. The molecule has 3 nitrogen and oxygen atoms in total. The van der Waals surface area contributed by atoms with Crippen molar-refractivity contribution in [1.82, 2.24) is 4.98 Å². The van der Waals surface area contributed by atoms with Gasteiger partial charge >= 0.3 is 0 Å². The largest absolute Gasteiger partial charge is 0.479 e. The Morgan fingerprint density at radius 1 is 1.31 bits per heavy atom. The summed E-state index contributed by atoms with van der Waals surface area (Å²) in [5.41, 5.74) is -0.788. The molecule has 0 amide bonds. The molecular formula is C7H6F3NO2. The SMILES string of the molecule is COc1nc(F)c(F)c(CO)c1F. The summed E-state index contributed by atoms with van der Waals surface area (Å²) in [6.07, 6.45) is 0. The normalized spacial score (nSPS) is 10.2. The van der Waals surface area contributed by atoms with Gasteiger partial charge in [-0.25, -0.2) is 8.78 Å². The van der Waals surface area contributed by atoms with Gasteiger partial charge in [-0.1, -0.05) is 0 Å². The van der Waals surface area contributed by atoms with E-state index in [0.717, 1.165) is 7.11 Å². The highest BCUT2D eigenvalue weighted by Gasteiger charge is 2.19. The molecule has 0 aliphatic carbocycles. The number of hydrogen-bond acceptors (Lipinski definition) is 3. The minimum absolute atomic E-state index is 0.678. The number of hydrogen-bond donors (Lipinski definition) is 1. The molecule has 0 aliphatic rings. The highest BCUT2D eigenvalue weighted by molar-refractivity contribution is 5.25. The van der Waals surface area contributed by atoms with E-state index in [1.807, 2.05) is 0 Å². The van der Waals surface area contributed by atoms with Crippen molar-refractivity contribution in [3.8, 4) is 5.88 Å². The van der Waals surface area contributed by atoms with E-state index in [2.05, 4.69) is 9.72 Å². The lowest BCUT2D eigenvalue weighted by atomic mass is 10.2.